The van der Waals surface area contributed by atoms with E-state index < -0.39 is 15.9 Å². The van der Waals surface area contributed by atoms with E-state index in [1.165, 1.54) is 22.6 Å². The average molecular weight is 337 g/mol. The quantitative estimate of drug-likeness (QED) is 0.726. The number of hydrogen-bond acceptors (Lipinski definition) is 5. The second kappa shape index (κ2) is 8.18. The standard InChI is InChI=1S/C16H23N3O3S/c1-5-19(6-2)23(21,22)13-7-8-15(18-11-13)14(10-17)16(20)9-12(3)4/h7-8,11-12,14H,5-6,9H2,1-4H3. The molecule has 1 aromatic heterocycles. The fraction of sp³-hybridized carbons (Fsp3) is 0.562. The van der Waals surface area contributed by atoms with Gasteiger partial charge in [-0.05, 0) is 18.1 Å². The third-order valence-electron chi connectivity index (χ3n) is 3.46. The number of pyridine rings is 1. The summed E-state index contributed by atoms with van der Waals surface area (Å²) in [6.07, 6.45) is 1.51. The number of rotatable bonds is 8. The van der Waals surface area contributed by atoms with E-state index in [4.69, 9.17) is 0 Å². The lowest BCUT2D eigenvalue weighted by atomic mass is 9.94. The Bertz CT molecular complexity index is 672. The maximum absolute atomic E-state index is 12.4. The molecule has 1 aromatic rings. The summed E-state index contributed by atoms with van der Waals surface area (Å²) < 4.78 is 26.1. The van der Waals surface area contributed by atoms with Gasteiger partial charge in [0.05, 0.1) is 11.8 Å². The second-order valence-electron chi connectivity index (χ2n) is 5.63. The summed E-state index contributed by atoms with van der Waals surface area (Å²) in [5.41, 5.74) is 0.289. The predicted octanol–water partition coefficient (Wildman–Crippen LogP) is 2.33. The molecule has 0 aliphatic rings. The van der Waals surface area contributed by atoms with Crippen molar-refractivity contribution >= 4 is 15.8 Å². The van der Waals surface area contributed by atoms with Gasteiger partial charge in [-0.3, -0.25) is 9.78 Å². The van der Waals surface area contributed by atoms with Crippen LogP contribution in [-0.2, 0) is 14.8 Å². The van der Waals surface area contributed by atoms with Gasteiger partial charge in [-0.2, -0.15) is 9.57 Å². The Balaban J connectivity index is 3.08. The topological polar surface area (TPSA) is 91.1 Å². The molecule has 1 heterocycles. The highest BCUT2D eigenvalue weighted by Crippen LogP contribution is 2.21. The normalized spacial score (nSPS) is 13.1. The Labute approximate surface area is 138 Å². The van der Waals surface area contributed by atoms with Crippen LogP contribution < -0.4 is 0 Å². The van der Waals surface area contributed by atoms with E-state index in [-0.39, 0.29) is 22.3 Å². The Morgan fingerprint density at radius 2 is 1.91 bits per heavy atom. The molecule has 0 N–H and O–H groups in total. The molecule has 0 saturated heterocycles. The molecule has 0 saturated carbocycles. The molecule has 7 heteroatoms. The highest BCUT2D eigenvalue weighted by Gasteiger charge is 2.25. The largest absolute Gasteiger partial charge is 0.298 e. The molecule has 0 bridgehead atoms. The average Bonchev–Trinajstić information content (AvgIpc) is 2.48. The summed E-state index contributed by atoms with van der Waals surface area (Å²) in [7, 11) is -3.59. The van der Waals surface area contributed by atoms with Crippen molar-refractivity contribution in [1.29, 1.82) is 5.26 Å². The number of sulfonamides is 1. The molecule has 0 radical (unpaired) electrons. The van der Waals surface area contributed by atoms with E-state index in [0.717, 1.165) is 0 Å². The van der Waals surface area contributed by atoms with Gasteiger partial charge in [0.15, 0.2) is 5.78 Å². The first-order chi connectivity index (χ1) is 10.8. The Morgan fingerprint density at radius 3 is 2.30 bits per heavy atom. The lowest BCUT2D eigenvalue weighted by molar-refractivity contribution is -0.120. The third kappa shape index (κ3) is 4.60. The monoisotopic (exact) mass is 337 g/mol. The van der Waals surface area contributed by atoms with Crippen LogP contribution in [0.2, 0.25) is 0 Å². The summed E-state index contributed by atoms with van der Waals surface area (Å²) in [6, 6.07) is 4.81. The minimum Gasteiger partial charge on any atom is -0.298 e. The number of carbonyl (C=O) groups is 1. The molecule has 0 amide bonds. The summed E-state index contributed by atoms with van der Waals surface area (Å²) in [5, 5.41) is 9.22. The number of Topliss-reactive ketones (excluding diaryl/α,β-unsaturated/α-hetero) is 1. The minimum absolute atomic E-state index is 0.0675. The third-order valence-corrected chi connectivity index (χ3v) is 5.49. The fourth-order valence-corrected chi connectivity index (χ4v) is 3.65. The SMILES string of the molecule is CCN(CC)S(=O)(=O)c1ccc(C(C#N)C(=O)CC(C)C)nc1. The lowest BCUT2D eigenvalue weighted by Gasteiger charge is -2.18. The first-order valence-corrected chi connectivity index (χ1v) is 9.10. The van der Waals surface area contributed by atoms with Crippen LogP contribution >= 0.6 is 0 Å². The second-order valence-corrected chi connectivity index (χ2v) is 7.57. The summed E-state index contributed by atoms with van der Waals surface area (Å²) in [6.45, 7) is 8.07. The molecule has 0 fully saturated rings. The highest BCUT2D eigenvalue weighted by molar-refractivity contribution is 7.89. The first kappa shape index (κ1) is 19.3. The molecule has 1 unspecified atom stereocenters. The Hall–Kier alpha value is -1.78. The van der Waals surface area contributed by atoms with E-state index in [0.29, 0.717) is 19.5 Å². The van der Waals surface area contributed by atoms with Crippen molar-refractivity contribution in [3.8, 4) is 6.07 Å². The smallest absolute Gasteiger partial charge is 0.244 e. The number of carbonyl (C=O) groups excluding carboxylic acids is 1. The van der Waals surface area contributed by atoms with Gasteiger partial charge >= 0.3 is 0 Å². The van der Waals surface area contributed by atoms with E-state index in [9.17, 15) is 18.5 Å². The van der Waals surface area contributed by atoms with E-state index in [2.05, 4.69) is 4.98 Å². The summed E-state index contributed by atoms with van der Waals surface area (Å²) in [5.74, 6) is -1.00. The van der Waals surface area contributed by atoms with Crippen LogP contribution in [0.15, 0.2) is 23.2 Å². The van der Waals surface area contributed by atoms with Crippen molar-refractivity contribution in [2.24, 2.45) is 5.92 Å². The van der Waals surface area contributed by atoms with Crippen molar-refractivity contribution in [2.75, 3.05) is 13.1 Å². The molecule has 0 aliphatic carbocycles. The number of ketones is 1. The number of aromatic nitrogens is 1. The molecule has 0 aliphatic heterocycles. The van der Waals surface area contributed by atoms with Crippen LogP contribution in [0.25, 0.3) is 0 Å². The van der Waals surface area contributed by atoms with E-state index in [1.54, 1.807) is 13.8 Å². The molecular weight excluding hydrogens is 314 g/mol. The van der Waals surface area contributed by atoms with Crippen LogP contribution in [0, 0.1) is 17.2 Å². The van der Waals surface area contributed by atoms with Crippen molar-refractivity contribution in [3.63, 3.8) is 0 Å². The van der Waals surface area contributed by atoms with Crippen molar-refractivity contribution in [3.05, 3.63) is 24.0 Å². The summed E-state index contributed by atoms with van der Waals surface area (Å²) >= 11 is 0. The van der Waals surface area contributed by atoms with Gasteiger partial charge in [0, 0.05) is 25.7 Å². The molecule has 0 aromatic carbocycles. The van der Waals surface area contributed by atoms with Crippen molar-refractivity contribution in [2.45, 2.75) is 44.9 Å². The van der Waals surface area contributed by atoms with E-state index >= 15 is 0 Å². The number of hydrogen-bond donors (Lipinski definition) is 0. The van der Waals surface area contributed by atoms with Crippen LogP contribution in [-0.4, -0.2) is 36.6 Å². The van der Waals surface area contributed by atoms with Crippen molar-refractivity contribution < 1.29 is 13.2 Å². The molecule has 6 nitrogen and oxygen atoms in total. The lowest BCUT2D eigenvalue weighted by Crippen LogP contribution is -2.30. The van der Waals surface area contributed by atoms with Crippen LogP contribution in [0.5, 0.6) is 0 Å². The van der Waals surface area contributed by atoms with Gasteiger partial charge in [-0.25, -0.2) is 8.42 Å². The van der Waals surface area contributed by atoms with Crippen LogP contribution in [0.3, 0.4) is 0 Å². The number of nitriles is 1. The zero-order chi connectivity index (χ0) is 17.6. The zero-order valence-corrected chi connectivity index (χ0v) is 14.8. The van der Waals surface area contributed by atoms with E-state index in [1.807, 2.05) is 19.9 Å². The zero-order valence-electron chi connectivity index (χ0n) is 14.0. The molecule has 1 rings (SSSR count). The molecule has 23 heavy (non-hydrogen) atoms. The predicted molar refractivity (Wildman–Crippen MR) is 87.2 cm³/mol. The molecule has 0 spiro atoms. The van der Waals surface area contributed by atoms with Crippen LogP contribution in [0.1, 0.15) is 45.7 Å². The minimum atomic E-state index is -3.59. The van der Waals surface area contributed by atoms with Gasteiger partial charge in [0.1, 0.15) is 10.8 Å². The van der Waals surface area contributed by atoms with Crippen molar-refractivity contribution in [1.82, 2.24) is 9.29 Å². The number of nitrogens with zero attached hydrogens (tertiary/aromatic N) is 3. The maximum atomic E-state index is 12.4. The maximum Gasteiger partial charge on any atom is 0.244 e. The highest BCUT2D eigenvalue weighted by atomic mass is 32.2. The summed E-state index contributed by atoms with van der Waals surface area (Å²) in [4.78, 5) is 16.2. The first-order valence-electron chi connectivity index (χ1n) is 7.66. The van der Waals surface area contributed by atoms with Gasteiger partial charge < -0.3 is 0 Å². The Kier molecular flexibility index (Phi) is 6.85. The van der Waals surface area contributed by atoms with Crippen LogP contribution in [0.4, 0.5) is 0 Å². The van der Waals surface area contributed by atoms with Gasteiger partial charge in [0.25, 0.3) is 0 Å². The molecular formula is C16H23N3O3S. The van der Waals surface area contributed by atoms with Gasteiger partial charge in [-0.15, -0.1) is 0 Å². The van der Waals surface area contributed by atoms with Gasteiger partial charge in [-0.1, -0.05) is 27.7 Å². The molecule has 1 atom stereocenters. The van der Waals surface area contributed by atoms with Gasteiger partial charge in [0.2, 0.25) is 10.0 Å². The fourth-order valence-electron chi connectivity index (χ4n) is 2.25. The Morgan fingerprint density at radius 1 is 1.30 bits per heavy atom. The molecule has 126 valence electrons.